The lowest BCUT2D eigenvalue weighted by atomic mass is 9.79. The Hall–Kier alpha value is -1.95. The Labute approximate surface area is 161 Å². The molecule has 0 radical (unpaired) electrons. The van der Waals surface area contributed by atoms with Crippen LogP contribution in [0.3, 0.4) is 0 Å². The van der Waals surface area contributed by atoms with Crippen LogP contribution in [-0.2, 0) is 22.6 Å². The number of ether oxygens (including phenoxy) is 3. The van der Waals surface area contributed by atoms with Gasteiger partial charge >= 0.3 is 0 Å². The first-order valence-corrected chi connectivity index (χ1v) is 9.75. The van der Waals surface area contributed by atoms with Crippen molar-refractivity contribution in [2.75, 3.05) is 33.4 Å². The van der Waals surface area contributed by atoms with Crippen LogP contribution in [0.4, 0.5) is 0 Å². The molecule has 0 aliphatic carbocycles. The number of likely N-dealkylation sites (tertiary alicyclic amines) is 1. The molecular weight excluding hydrogens is 340 g/mol. The molecule has 2 aromatic rings. The van der Waals surface area contributed by atoms with Gasteiger partial charge in [-0.15, -0.1) is 0 Å². The lowest BCUT2D eigenvalue weighted by Gasteiger charge is -2.50. The van der Waals surface area contributed by atoms with Crippen molar-refractivity contribution < 1.29 is 14.2 Å². The van der Waals surface area contributed by atoms with Crippen molar-refractivity contribution in [1.29, 1.82) is 0 Å². The third-order valence-electron chi connectivity index (χ3n) is 5.76. The number of hydrogen-bond donors (Lipinski definition) is 0. The second-order valence-corrected chi connectivity index (χ2v) is 7.52. The third-order valence-corrected chi connectivity index (χ3v) is 5.76. The van der Waals surface area contributed by atoms with Gasteiger partial charge in [0.15, 0.2) is 0 Å². The SMILES string of the molecule is COc1ccccc1CN1CC2(C1)OCC[C@H]2CCOCc1ccccn1. The summed E-state index contributed by atoms with van der Waals surface area (Å²) in [5.41, 5.74) is 2.25. The van der Waals surface area contributed by atoms with Gasteiger partial charge in [0.1, 0.15) is 5.75 Å². The van der Waals surface area contributed by atoms with Gasteiger partial charge in [-0.3, -0.25) is 9.88 Å². The van der Waals surface area contributed by atoms with E-state index in [1.165, 1.54) is 5.56 Å². The van der Waals surface area contributed by atoms with E-state index in [-0.39, 0.29) is 5.60 Å². The molecule has 3 heterocycles. The van der Waals surface area contributed by atoms with Gasteiger partial charge in [-0.1, -0.05) is 24.3 Å². The van der Waals surface area contributed by atoms with Crippen LogP contribution in [0.25, 0.3) is 0 Å². The van der Waals surface area contributed by atoms with E-state index >= 15 is 0 Å². The van der Waals surface area contributed by atoms with Gasteiger partial charge in [0.2, 0.25) is 0 Å². The van der Waals surface area contributed by atoms with Crippen LogP contribution in [0.2, 0.25) is 0 Å². The van der Waals surface area contributed by atoms with Crippen molar-refractivity contribution in [3.8, 4) is 5.75 Å². The minimum Gasteiger partial charge on any atom is -0.496 e. The Bertz CT molecular complexity index is 731. The summed E-state index contributed by atoms with van der Waals surface area (Å²) in [6, 6.07) is 14.2. The van der Waals surface area contributed by atoms with E-state index in [4.69, 9.17) is 14.2 Å². The number of aromatic nitrogens is 1. The molecule has 2 saturated heterocycles. The summed E-state index contributed by atoms with van der Waals surface area (Å²) >= 11 is 0. The highest BCUT2D eigenvalue weighted by atomic mass is 16.5. The fraction of sp³-hybridized carbons (Fsp3) is 0.500. The molecule has 1 aromatic heterocycles. The standard InChI is InChI=1S/C22H28N2O3/c1-25-21-8-3-2-6-18(21)14-24-16-22(17-24)19(10-13-27-22)9-12-26-15-20-7-4-5-11-23-20/h2-8,11,19H,9-10,12-17H2,1H3/t19-/m1/s1. The van der Waals surface area contributed by atoms with E-state index in [0.717, 1.165) is 57.1 Å². The maximum atomic E-state index is 6.19. The second kappa shape index (κ2) is 8.38. The lowest BCUT2D eigenvalue weighted by molar-refractivity contribution is -0.139. The van der Waals surface area contributed by atoms with Crippen LogP contribution in [0.1, 0.15) is 24.1 Å². The maximum absolute atomic E-state index is 6.19. The monoisotopic (exact) mass is 368 g/mol. The van der Waals surface area contributed by atoms with Crippen LogP contribution >= 0.6 is 0 Å². The molecule has 4 rings (SSSR count). The second-order valence-electron chi connectivity index (χ2n) is 7.52. The highest BCUT2D eigenvalue weighted by molar-refractivity contribution is 5.33. The molecule has 0 amide bonds. The van der Waals surface area contributed by atoms with Gasteiger partial charge in [-0.2, -0.15) is 0 Å². The molecule has 144 valence electrons. The van der Waals surface area contributed by atoms with Gasteiger partial charge in [-0.05, 0) is 37.0 Å². The Morgan fingerprint density at radius 2 is 2.04 bits per heavy atom. The quantitative estimate of drug-likeness (QED) is 0.669. The molecule has 5 nitrogen and oxygen atoms in total. The number of hydrogen-bond acceptors (Lipinski definition) is 5. The van der Waals surface area contributed by atoms with Crippen molar-refractivity contribution in [3.63, 3.8) is 0 Å². The van der Waals surface area contributed by atoms with E-state index < -0.39 is 0 Å². The van der Waals surface area contributed by atoms with Gasteiger partial charge < -0.3 is 14.2 Å². The smallest absolute Gasteiger partial charge is 0.123 e. The van der Waals surface area contributed by atoms with E-state index in [2.05, 4.69) is 22.0 Å². The molecule has 1 aromatic carbocycles. The predicted molar refractivity (Wildman–Crippen MR) is 104 cm³/mol. The fourth-order valence-electron chi connectivity index (χ4n) is 4.33. The molecule has 5 heteroatoms. The van der Waals surface area contributed by atoms with Crippen LogP contribution in [0, 0.1) is 5.92 Å². The van der Waals surface area contributed by atoms with Crippen LogP contribution in [0.5, 0.6) is 5.75 Å². The molecule has 1 atom stereocenters. The molecule has 0 saturated carbocycles. The van der Waals surface area contributed by atoms with Crippen molar-refractivity contribution in [2.24, 2.45) is 5.92 Å². The van der Waals surface area contributed by atoms with Gasteiger partial charge in [0.25, 0.3) is 0 Å². The molecule has 0 unspecified atom stereocenters. The van der Waals surface area contributed by atoms with Crippen LogP contribution in [0.15, 0.2) is 48.7 Å². The molecule has 0 N–H and O–H groups in total. The third kappa shape index (κ3) is 4.15. The lowest BCUT2D eigenvalue weighted by Crippen LogP contribution is -2.64. The summed E-state index contributed by atoms with van der Waals surface area (Å²) in [6.07, 6.45) is 3.99. The number of methoxy groups -OCH3 is 1. The number of para-hydroxylation sites is 1. The molecule has 2 fully saturated rings. The largest absolute Gasteiger partial charge is 0.496 e. The van der Waals surface area contributed by atoms with Crippen LogP contribution < -0.4 is 4.74 Å². The average Bonchev–Trinajstić information content (AvgIpc) is 3.10. The zero-order valence-corrected chi connectivity index (χ0v) is 16.0. The van der Waals surface area contributed by atoms with Crippen molar-refractivity contribution in [3.05, 3.63) is 59.9 Å². The van der Waals surface area contributed by atoms with Crippen molar-refractivity contribution >= 4 is 0 Å². The summed E-state index contributed by atoms with van der Waals surface area (Å²) < 4.78 is 17.5. The number of benzene rings is 1. The first kappa shape index (κ1) is 18.4. The first-order chi connectivity index (χ1) is 13.3. The number of rotatable bonds is 8. The maximum Gasteiger partial charge on any atom is 0.123 e. The van der Waals surface area contributed by atoms with Gasteiger partial charge in [0, 0.05) is 44.6 Å². The zero-order valence-electron chi connectivity index (χ0n) is 16.0. The minimum absolute atomic E-state index is 0.0242. The summed E-state index contributed by atoms with van der Waals surface area (Å²) in [5.74, 6) is 1.54. The van der Waals surface area contributed by atoms with E-state index in [9.17, 15) is 0 Å². The number of pyridine rings is 1. The fourth-order valence-corrected chi connectivity index (χ4v) is 4.33. The summed E-state index contributed by atoms with van der Waals surface area (Å²) in [7, 11) is 1.73. The minimum atomic E-state index is 0.0242. The topological polar surface area (TPSA) is 43.8 Å². The van der Waals surface area contributed by atoms with Gasteiger partial charge in [-0.25, -0.2) is 0 Å². The average molecular weight is 368 g/mol. The van der Waals surface area contributed by atoms with Crippen LogP contribution in [-0.4, -0.2) is 48.9 Å². The Morgan fingerprint density at radius 3 is 2.85 bits per heavy atom. The van der Waals surface area contributed by atoms with Crippen molar-refractivity contribution in [1.82, 2.24) is 9.88 Å². The first-order valence-electron chi connectivity index (χ1n) is 9.75. The molecule has 27 heavy (non-hydrogen) atoms. The zero-order chi connectivity index (χ0) is 18.5. The highest BCUT2D eigenvalue weighted by Gasteiger charge is 2.52. The Morgan fingerprint density at radius 1 is 1.19 bits per heavy atom. The highest BCUT2D eigenvalue weighted by Crippen LogP contribution is 2.42. The number of nitrogens with zero attached hydrogens (tertiary/aromatic N) is 2. The molecular formula is C22H28N2O3. The summed E-state index contributed by atoms with van der Waals surface area (Å²) in [4.78, 5) is 6.75. The van der Waals surface area contributed by atoms with E-state index in [0.29, 0.717) is 12.5 Å². The summed E-state index contributed by atoms with van der Waals surface area (Å²) in [5, 5.41) is 0. The molecule has 2 aliphatic heterocycles. The van der Waals surface area contributed by atoms with E-state index in [1.54, 1.807) is 7.11 Å². The molecule has 1 spiro atoms. The Kier molecular flexibility index (Phi) is 5.72. The van der Waals surface area contributed by atoms with E-state index in [1.807, 2.05) is 36.5 Å². The Balaban J connectivity index is 1.24. The van der Waals surface area contributed by atoms with Gasteiger partial charge in [0.05, 0.1) is 25.0 Å². The van der Waals surface area contributed by atoms with Crippen molar-refractivity contribution in [2.45, 2.75) is 31.6 Å². The normalized spacial score (nSPS) is 21.3. The molecule has 2 aliphatic rings. The molecule has 0 bridgehead atoms. The summed E-state index contributed by atoms with van der Waals surface area (Å²) in [6.45, 7) is 5.12. The predicted octanol–water partition coefficient (Wildman–Crippen LogP) is 3.29.